The third-order valence-corrected chi connectivity index (χ3v) is 5.62. The minimum Gasteiger partial charge on any atom is -0.497 e. The van der Waals surface area contributed by atoms with Gasteiger partial charge in [-0.15, -0.1) is 11.3 Å². The van der Waals surface area contributed by atoms with E-state index in [4.69, 9.17) is 14.6 Å². The summed E-state index contributed by atoms with van der Waals surface area (Å²) in [7, 11) is 3.30. The summed E-state index contributed by atoms with van der Waals surface area (Å²) in [6.45, 7) is 9.35. The Labute approximate surface area is 182 Å². The number of nitrogens with zero attached hydrogens (tertiary/aromatic N) is 3. The van der Waals surface area contributed by atoms with Crippen LogP contribution in [0, 0.1) is 0 Å². The molecule has 0 N–H and O–H groups in total. The molecule has 3 aromatic rings. The van der Waals surface area contributed by atoms with Crippen LogP contribution in [0.2, 0.25) is 0 Å². The van der Waals surface area contributed by atoms with Crippen molar-refractivity contribution in [1.29, 1.82) is 0 Å². The van der Waals surface area contributed by atoms with E-state index >= 15 is 0 Å². The molecule has 0 unspecified atom stereocenters. The molecule has 0 spiro atoms. The SMILES string of the molecule is CCN=c1scc(-c2ccc(OC)cc2OC)n1N=Cc1ccc(C(C)(C)C)cc1. The molecule has 0 radical (unpaired) electrons. The van der Waals surface area contributed by atoms with Crippen LogP contribution in [0.4, 0.5) is 0 Å². The van der Waals surface area contributed by atoms with Gasteiger partial charge in [0.2, 0.25) is 4.80 Å². The van der Waals surface area contributed by atoms with E-state index < -0.39 is 0 Å². The zero-order valence-electron chi connectivity index (χ0n) is 18.5. The summed E-state index contributed by atoms with van der Waals surface area (Å²) in [6, 6.07) is 14.3. The number of hydrogen-bond acceptors (Lipinski definition) is 5. The molecule has 0 aliphatic rings. The van der Waals surface area contributed by atoms with E-state index in [-0.39, 0.29) is 5.41 Å². The average Bonchev–Trinajstić information content (AvgIpc) is 3.14. The molecule has 0 aliphatic heterocycles. The van der Waals surface area contributed by atoms with Gasteiger partial charge in [-0.25, -0.2) is 4.68 Å². The molecular weight excluding hydrogens is 394 g/mol. The highest BCUT2D eigenvalue weighted by Crippen LogP contribution is 2.33. The number of methoxy groups -OCH3 is 2. The molecule has 2 aromatic carbocycles. The first-order valence-corrected chi connectivity index (χ1v) is 10.8. The number of thiazole rings is 1. The van der Waals surface area contributed by atoms with Gasteiger partial charge in [0.25, 0.3) is 0 Å². The van der Waals surface area contributed by atoms with Gasteiger partial charge in [0.15, 0.2) is 0 Å². The van der Waals surface area contributed by atoms with E-state index in [9.17, 15) is 0 Å². The molecule has 30 heavy (non-hydrogen) atoms. The fraction of sp³-hybridized carbons (Fsp3) is 0.333. The molecule has 1 aromatic heterocycles. The lowest BCUT2D eigenvalue weighted by Gasteiger charge is -2.18. The molecule has 0 bridgehead atoms. The second-order valence-corrected chi connectivity index (χ2v) is 8.71. The van der Waals surface area contributed by atoms with E-state index in [2.05, 4.69) is 55.4 Å². The zero-order valence-corrected chi connectivity index (χ0v) is 19.3. The Morgan fingerprint density at radius 3 is 2.37 bits per heavy atom. The Morgan fingerprint density at radius 2 is 1.77 bits per heavy atom. The first kappa shape index (κ1) is 21.8. The molecule has 5 nitrogen and oxygen atoms in total. The highest BCUT2D eigenvalue weighted by atomic mass is 32.1. The minimum atomic E-state index is 0.128. The maximum absolute atomic E-state index is 5.60. The molecule has 6 heteroatoms. The van der Waals surface area contributed by atoms with Crippen LogP contribution in [-0.4, -0.2) is 31.7 Å². The number of ether oxygens (including phenoxy) is 2. The Hall–Kier alpha value is -2.86. The quantitative estimate of drug-likeness (QED) is 0.503. The molecule has 0 amide bonds. The van der Waals surface area contributed by atoms with Crippen molar-refractivity contribution >= 4 is 17.6 Å². The van der Waals surface area contributed by atoms with Gasteiger partial charge in [-0.2, -0.15) is 5.10 Å². The van der Waals surface area contributed by atoms with E-state index in [1.165, 1.54) is 5.56 Å². The van der Waals surface area contributed by atoms with E-state index in [1.54, 1.807) is 25.6 Å². The molecule has 3 rings (SSSR count). The predicted molar refractivity (Wildman–Crippen MR) is 125 cm³/mol. The first-order valence-electron chi connectivity index (χ1n) is 9.95. The first-order chi connectivity index (χ1) is 14.4. The Balaban J connectivity index is 2.04. The van der Waals surface area contributed by atoms with Gasteiger partial charge in [0.1, 0.15) is 11.5 Å². The summed E-state index contributed by atoms with van der Waals surface area (Å²) in [5, 5.41) is 6.82. The van der Waals surface area contributed by atoms with Gasteiger partial charge in [0, 0.05) is 23.6 Å². The van der Waals surface area contributed by atoms with Crippen LogP contribution in [0.25, 0.3) is 11.3 Å². The number of rotatable bonds is 6. The molecule has 0 saturated heterocycles. The van der Waals surface area contributed by atoms with Crippen molar-refractivity contribution in [2.75, 3.05) is 20.8 Å². The predicted octanol–water partition coefficient (Wildman–Crippen LogP) is 5.33. The largest absolute Gasteiger partial charge is 0.497 e. The van der Waals surface area contributed by atoms with Crippen molar-refractivity contribution in [3.63, 3.8) is 0 Å². The number of aromatic nitrogens is 1. The van der Waals surface area contributed by atoms with Gasteiger partial charge in [-0.3, -0.25) is 4.99 Å². The second kappa shape index (κ2) is 9.30. The standard InChI is InChI=1S/C24H29N3O2S/c1-7-25-23-27(26-15-17-8-10-18(11-9-17)24(2,3)4)21(16-30-23)20-13-12-19(28-5)14-22(20)29-6/h8-16H,7H2,1-6H3. The third kappa shape index (κ3) is 4.82. The fourth-order valence-electron chi connectivity index (χ4n) is 3.04. The van der Waals surface area contributed by atoms with Crippen molar-refractivity contribution < 1.29 is 9.47 Å². The van der Waals surface area contributed by atoms with Crippen LogP contribution in [-0.2, 0) is 5.41 Å². The number of benzene rings is 2. The summed E-state index contributed by atoms with van der Waals surface area (Å²) in [4.78, 5) is 5.44. The highest BCUT2D eigenvalue weighted by Gasteiger charge is 2.14. The maximum atomic E-state index is 5.60. The third-order valence-electron chi connectivity index (χ3n) is 4.76. The topological polar surface area (TPSA) is 48.1 Å². The van der Waals surface area contributed by atoms with Crippen molar-refractivity contribution in [3.8, 4) is 22.8 Å². The molecule has 0 aliphatic carbocycles. The van der Waals surface area contributed by atoms with Crippen LogP contribution in [0.15, 0.2) is 57.9 Å². The van der Waals surface area contributed by atoms with Crippen molar-refractivity contribution in [2.24, 2.45) is 10.1 Å². The number of hydrogen-bond donors (Lipinski definition) is 0. The summed E-state index contributed by atoms with van der Waals surface area (Å²) in [5.41, 5.74) is 4.33. The van der Waals surface area contributed by atoms with Crippen LogP contribution in [0.1, 0.15) is 38.8 Å². The highest BCUT2D eigenvalue weighted by molar-refractivity contribution is 7.07. The van der Waals surface area contributed by atoms with E-state index in [0.29, 0.717) is 6.54 Å². The average molecular weight is 424 g/mol. The molecule has 158 valence electrons. The van der Waals surface area contributed by atoms with Gasteiger partial charge >= 0.3 is 0 Å². The summed E-state index contributed by atoms with van der Waals surface area (Å²) in [6.07, 6.45) is 1.87. The van der Waals surface area contributed by atoms with Crippen LogP contribution in [0.3, 0.4) is 0 Å². The van der Waals surface area contributed by atoms with Gasteiger partial charge in [-0.05, 0) is 35.6 Å². The normalized spacial score (nSPS) is 12.5. The lowest BCUT2D eigenvalue weighted by Crippen LogP contribution is -2.13. The van der Waals surface area contributed by atoms with E-state index in [1.807, 2.05) is 36.0 Å². The Morgan fingerprint density at radius 1 is 1.03 bits per heavy atom. The summed E-state index contributed by atoms with van der Waals surface area (Å²) < 4.78 is 12.8. The van der Waals surface area contributed by atoms with Gasteiger partial charge < -0.3 is 9.47 Å². The lowest BCUT2D eigenvalue weighted by atomic mass is 9.87. The van der Waals surface area contributed by atoms with Gasteiger partial charge in [0.05, 0.1) is 26.1 Å². The molecule has 1 heterocycles. The van der Waals surface area contributed by atoms with Gasteiger partial charge in [-0.1, -0.05) is 45.0 Å². The zero-order chi connectivity index (χ0) is 21.7. The van der Waals surface area contributed by atoms with Crippen molar-refractivity contribution in [2.45, 2.75) is 33.1 Å². The lowest BCUT2D eigenvalue weighted by molar-refractivity contribution is 0.395. The summed E-state index contributed by atoms with van der Waals surface area (Å²) >= 11 is 1.56. The molecule has 0 saturated carbocycles. The maximum Gasteiger partial charge on any atom is 0.206 e. The molecule has 0 fully saturated rings. The van der Waals surface area contributed by atoms with Crippen LogP contribution < -0.4 is 14.3 Å². The van der Waals surface area contributed by atoms with E-state index in [0.717, 1.165) is 33.1 Å². The van der Waals surface area contributed by atoms with Crippen LogP contribution >= 0.6 is 11.3 Å². The van der Waals surface area contributed by atoms with Crippen LogP contribution in [0.5, 0.6) is 11.5 Å². The van der Waals surface area contributed by atoms with Crippen molar-refractivity contribution in [3.05, 3.63) is 63.8 Å². The Kier molecular flexibility index (Phi) is 6.77. The monoisotopic (exact) mass is 423 g/mol. The molecule has 0 atom stereocenters. The molecular formula is C24H29N3O2S. The summed E-state index contributed by atoms with van der Waals surface area (Å²) in [5.74, 6) is 1.48. The van der Waals surface area contributed by atoms with Crippen molar-refractivity contribution in [1.82, 2.24) is 4.68 Å². The smallest absolute Gasteiger partial charge is 0.206 e. The minimum absolute atomic E-state index is 0.128. The fourth-order valence-corrected chi connectivity index (χ4v) is 3.94. The Bertz CT molecular complexity index is 1090. The second-order valence-electron chi connectivity index (χ2n) is 7.87.